The molecule has 1 heterocycles. The van der Waals surface area contributed by atoms with Gasteiger partial charge in [0.1, 0.15) is 17.5 Å². The van der Waals surface area contributed by atoms with E-state index in [9.17, 15) is 9.59 Å². The van der Waals surface area contributed by atoms with Crippen LogP contribution in [0.5, 0.6) is 11.5 Å². The largest absolute Gasteiger partial charge is 0.497 e. The number of hydrogen-bond donors (Lipinski definition) is 1. The smallest absolute Gasteiger partial charge is 0.256 e. The number of ether oxygens (including phenoxy) is 2. The molecule has 2 aromatic rings. The van der Waals surface area contributed by atoms with Crippen molar-refractivity contribution < 1.29 is 19.1 Å². The van der Waals surface area contributed by atoms with Gasteiger partial charge in [0.05, 0.1) is 26.3 Å². The Balaban J connectivity index is 1.77. The Morgan fingerprint density at radius 2 is 1.71 bits per heavy atom. The number of benzene rings is 2. The van der Waals surface area contributed by atoms with E-state index in [-0.39, 0.29) is 18.2 Å². The summed E-state index contributed by atoms with van der Waals surface area (Å²) in [6.45, 7) is 0. The average Bonchev–Trinajstić information content (AvgIpc) is 2.89. The van der Waals surface area contributed by atoms with E-state index in [0.717, 1.165) is 5.69 Å². The number of nitrogens with zero attached hydrogens (tertiary/aromatic N) is 1. The summed E-state index contributed by atoms with van der Waals surface area (Å²) >= 11 is 0. The van der Waals surface area contributed by atoms with Crippen LogP contribution in [0.1, 0.15) is 6.42 Å². The van der Waals surface area contributed by atoms with Gasteiger partial charge < -0.3 is 14.8 Å². The van der Waals surface area contributed by atoms with E-state index in [0.29, 0.717) is 17.2 Å². The van der Waals surface area contributed by atoms with Crippen LogP contribution in [0.4, 0.5) is 11.4 Å². The molecule has 1 atom stereocenters. The molecule has 0 aliphatic carbocycles. The molecule has 0 unspecified atom stereocenters. The van der Waals surface area contributed by atoms with Gasteiger partial charge in [-0.25, -0.2) is 4.90 Å². The number of methoxy groups -OCH3 is 2. The number of carbonyl (C=O) groups is 2. The third-order valence-corrected chi connectivity index (χ3v) is 3.89. The van der Waals surface area contributed by atoms with Gasteiger partial charge in [-0.3, -0.25) is 9.59 Å². The van der Waals surface area contributed by atoms with Gasteiger partial charge in [-0.1, -0.05) is 6.07 Å². The lowest BCUT2D eigenvalue weighted by Gasteiger charge is -2.16. The molecule has 1 N–H and O–H groups in total. The van der Waals surface area contributed by atoms with Crippen molar-refractivity contribution in [2.24, 2.45) is 0 Å². The fraction of sp³-hybridized carbons (Fsp3) is 0.222. The predicted molar refractivity (Wildman–Crippen MR) is 90.5 cm³/mol. The molecule has 6 nitrogen and oxygen atoms in total. The number of carbonyl (C=O) groups excluding carboxylic acids is 2. The van der Waals surface area contributed by atoms with Gasteiger partial charge in [-0.05, 0) is 36.4 Å². The van der Waals surface area contributed by atoms with Crippen molar-refractivity contribution in [2.45, 2.75) is 12.5 Å². The number of imide groups is 1. The number of nitrogens with one attached hydrogen (secondary N) is 1. The topological polar surface area (TPSA) is 67.9 Å². The van der Waals surface area contributed by atoms with E-state index in [2.05, 4.69) is 5.32 Å². The monoisotopic (exact) mass is 326 g/mol. The Morgan fingerprint density at radius 1 is 1.00 bits per heavy atom. The summed E-state index contributed by atoms with van der Waals surface area (Å²) in [5.74, 6) is 0.853. The van der Waals surface area contributed by atoms with E-state index in [1.54, 1.807) is 44.6 Å². The first-order valence-electron chi connectivity index (χ1n) is 7.54. The second-order valence-electron chi connectivity index (χ2n) is 5.40. The Morgan fingerprint density at radius 3 is 2.38 bits per heavy atom. The first-order valence-corrected chi connectivity index (χ1v) is 7.54. The van der Waals surface area contributed by atoms with Gasteiger partial charge in [0, 0.05) is 11.8 Å². The van der Waals surface area contributed by atoms with Crippen molar-refractivity contribution in [3.8, 4) is 11.5 Å². The summed E-state index contributed by atoms with van der Waals surface area (Å²) in [6.07, 6.45) is 0.113. The minimum Gasteiger partial charge on any atom is -0.497 e. The minimum atomic E-state index is -0.591. The molecule has 2 amide bonds. The van der Waals surface area contributed by atoms with Gasteiger partial charge >= 0.3 is 0 Å². The number of rotatable bonds is 5. The standard InChI is InChI=1S/C18H18N2O4/c1-23-14-8-6-13(7-9-14)20-17(21)11-16(18(20)22)19-12-4-3-5-15(10-12)24-2/h3-10,16,19H,11H2,1-2H3/t16-/m0/s1. The first-order chi connectivity index (χ1) is 11.6. The SMILES string of the molecule is COc1ccc(N2C(=O)C[C@H](Nc3cccc(OC)c3)C2=O)cc1. The highest BCUT2D eigenvalue weighted by molar-refractivity contribution is 6.23. The molecule has 1 fully saturated rings. The van der Waals surface area contributed by atoms with Crippen LogP contribution in [0.15, 0.2) is 48.5 Å². The molecule has 3 rings (SSSR count). The van der Waals surface area contributed by atoms with Crippen LogP contribution < -0.4 is 19.7 Å². The quantitative estimate of drug-likeness (QED) is 0.855. The molecule has 0 spiro atoms. The third kappa shape index (κ3) is 3.03. The molecule has 124 valence electrons. The maximum atomic E-state index is 12.6. The van der Waals surface area contributed by atoms with Crippen molar-refractivity contribution in [3.63, 3.8) is 0 Å². The maximum absolute atomic E-state index is 12.6. The normalized spacial score (nSPS) is 17.1. The lowest BCUT2D eigenvalue weighted by molar-refractivity contribution is -0.121. The van der Waals surface area contributed by atoms with Crippen LogP contribution in [0, 0.1) is 0 Å². The summed E-state index contributed by atoms with van der Waals surface area (Å²) < 4.78 is 10.3. The van der Waals surface area contributed by atoms with Crippen LogP contribution in [-0.2, 0) is 9.59 Å². The van der Waals surface area contributed by atoms with E-state index in [1.807, 2.05) is 18.2 Å². The molecule has 0 bridgehead atoms. The molecule has 24 heavy (non-hydrogen) atoms. The van der Waals surface area contributed by atoms with Crippen LogP contribution in [0.25, 0.3) is 0 Å². The summed E-state index contributed by atoms with van der Waals surface area (Å²) in [6, 6.07) is 13.5. The highest BCUT2D eigenvalue weighted by Crippen LogP contribution is 2.27. The van der Waals surface area contributed by atoms with Crippen molar-refractivity contribution in [3.05, 3.63) is 48.5 Å². The third-order valence-electron chi connectivity index (χ3n) is 3.89. The Labute approximate surface area is 140 Å². The molecule has 1 aliphatic heterocycles. The number of anilines is 2. The Kier molecular flexibility index (Phi) is 4.37. The minimum absolute atomic E-state index is 0.113. The molecule has 0 saturated carbocycles. The summed E-state index contributed by atoms with van der Waals surface area (Å²) in [5, 5.41) is 3.10. The molecular formula is C18H18N2O4. The molecule has 2 aromatic carbocycles. The zero-order valence-corrected chi connectivity index (χ0v) is 13.5. The fourth-order valence-corrected chi connectivity index (χ4v) is 2.66. The van der Waals surface area contributed by atoms with Crippen LogP contribution >= 0.6 is 0 Å². The van der Waals surface area contributed by atoms with Crippen LogP contribution in [0.3, 0.4) is 0 Å². The second kappa shape index (κ2) is 6.62. The predicted octanol–water partition coefficient (Wildman–Crippen LogP) is 2.45. The van der Waals surface area contributed by atoms with Crippen molar-refractivity contribution in [1.82, 2.24) is 0 Å². The van der Waals surface area contributed by atoms with E-state index in [4.69, 9.17) is 9.47 Å². The number of amides is 2. The number of hydrogen-bond acceptors (Lipinski definition) is 5. The Hall–Kier alpha value is -3.02. The lowest BCUT2D eigenvalue weighted by atomic mass is 10.2. The van der Waals surface area contributed by atoms with Crippen molar-refractivity contribution in [2.75, 3.05) is 24.4 Å². The van der Waals surface area contributed by atoms with Gasteiger partial charge in [-0.2, -0.15) is 0 Å². The van der Waals surface area contributed by atoms with E-state index < -0.39 is 6.04 Å². The highest BCUT2D eigenvalue weighted by atomic mass is 16.5. The molecule has 1 aliphatic rings. The van der Waals surface area contributed by atoms with Gasteiger partial charge in [0.2, 0.25) is 5.91 Å². The van der Waals surface area contributed by atoms with Crippen LogP contribution in [-0.4, -0.2) is 32.1 Å². The fourth-order valence-electron chi connectivity index (χ4n) is 2.66. The second-order valence-corrected chi connectivity index (χ2v) is 5.40. The summed E-state index contributed by atoms with van der Waals surface area (Å²) in [5.41, 5.74) is 1.28. The molecular weight excluding hydrogens is 308 g/mol. The van der Waals surface area contributed by atoms with Gasteiger partial charge in [-0.15, -0.1) is 0 Å². The Bertz CT molecular complexity index is 758. The zero-order chi connectivity index (χ0) is 17.1. The van der Waals surface area contributed by atoms with Crippen molar-refractivity contribution >= 4 is 23.2 Å². The van der Waals surface area contributed by atoms with Gasteiger partial charge in [0.15, 0.2) is 0 Å². The molecule has 6 heteroatoms. The molecule has 1 saturated heterocycles. The summed E-state index contributed by atoms with van der Waals surface area (Å²) in [7, 11) is 3.14. The molecule has 0 radical (unpaired) electrons. The summed E-state index contributed by atoms with van der Waals surface area (Å²) in [4.78, 5) is 26.1. The highest BCUT2D eigenvalue weighted by Gasteiger charge is 2.39. The average molecular weight is 326 g/mol. The maximum Gasteiger partial charge on any atom is 0.256 e. The van der Waals surface area contributed by atoms with Crippen LogP contribution in [0.2, 0.25) is 0 Å². The lowest BCUT2D eigenvalue weighted by Crippen LogP contribution is -2.34. The first kappa shape index (κ1) is 15.9. The van der Waals surface area contributed by atoms with Gasteiger partial charge in [0.25, 0.3) is 5.91 Å². The van der Waals surface area contributed by atoms with E-state index in [1.165, 1.54) is 4.90 Å². The van der Waals surface area contributed by atoms with Crippen molar-refractivity contribution in [1.29, 1.82) is 0 Å². The molecule has 0 aromatic heterocycles. The zero-order valence-electron chi connectivity index (χ0n) is 13.5. The van der Waals surface area contributed by atoms with E-state index >= 15 is 0 Å².